The van der Waals surface area contributed by atoms with Crippen LogP contribution in [0, 0.1) is 6.92 Å². The van der Waals surface area contributed by atoms with Crippen LogP contribution in [-0.4, -0.2) is 55.9 Å². The van der Waals surface area contributed by atoms with E-state index in [2.05, 4.69) is 20.8 Å². The zero-order valence-corrected chi connectivity index (χ0v) is 13.4. The molecule has 0 aliphatic carbocycles. The lowest BCUT2D eigenvalue weighted by atomic mass is 10.1. The first kappa shape index (κ1) is 16.4. The molecule has 2 aromatic rings. The number of aryl methyl sites for hydroxylation is 1. The number of aromatic nitrogens is 4. The molecule has 1 aromatic carbocycles. The summed E-state index contributed by atoms with van der Waals surface area (Å²) in [5, 5.41) is 23.6. The lowest BCUT2D eigenvalue weighted by Gasteiger charge is -2.17. The molecule has 1 amide bonds. The van der Waals surface area contributed by atoms with Crippen LogP contribution in [0.1, 0.15) is 22.6 Å². The van der Waals surface area contributed by atoms with Gasteiger partial charge in [-0.05, 0) is 47.9 Å². The minimum absolute atomic E-state index is 0.0849. The van der Waals surface area contributed by atoms with Crippen LogP contribution in [0.5, 0.6) is 0 Å². The van der Waals surface area contributed by atoms with Gasteiger partial charge in [0.2, 0.25) is 0 Å². The summed E-state index contributed by atoms with van der Waals surface area (Å²) in [7, 11) is 0. The minimum Gasteiger partial charge on any atom is -0.394 e. The van der Waals surface area contributed by atoms with Crippen LogP contribution in [0.3, 0.4) is 0 Å². The van der Waals surface area contributed by atoms with Crippen molar-refractivity contribution in [2.45, 2.75) is 19.4 Å². The molecule has 0 saturated carbocycles. The number of nitrogens with zero attached hydrogens (tertiary/aromatic N) is 4. The van der Waals surface area contributed by atoms with E-state index in [9.17, 15) is 9.90 Å². The van der Waals surface area contributed by atoms with Crippen LogP contribution in [-0.2, 0) is 0 Å². The Morgan fingerprint density at radius 2 is 2.23 bits per heavy atom. The molecule has 0 fully saturated rings. The van der Waals surface area contributed by atoms with Gasteiger partial charge in [-0.2, -0.15) is 16.4 Å². The Bertz CT molecular complexity index is 631. The number of nitrogens with one attached hydrogen (secondary N) is 1. The molecule has 2 rings (SSSR count). The van der Waals surface area contributed by atoms with Crippen LogP contribution in [0.15, 0.2) is 24.3 Å². The van der Waals surface area contributed by atoms with Gasteiger partial charge >= 0.3 is 0 Å². The highest BCUT2D eigenvalue weighted by molar-refractivity contribution is 7.98. The second-order valence-electron chi connectivity index (χ2n) is 4.79. The number of carbonyl (C=O) groups excluding carboxylic acids is 1. The summed E-state index contributed by atoms with van der Waals surface area (Å²) in [6.45, 7) is 1.68. The summed E-state index contributed by atoms with van der Waals surface area (Å²) in [4.78, 5) is 12.5. The number of tetrazole rings is 1. The highest BCUT2D eigenvalue weighted by Crippen LogP contribution is 2.14. The third kappa shape index (κ3) is 3.83. The molecular weight excluding hydrogens is 302 g/mol. The van der Waals surface area contributed by atoms with E-state index in [1.165, 1.54) is 4.68 Å². The maximum Gasteiger partial charge on any atom is 0.253 e. The molecule has 0 spiro atoms. The molecule has 0 saturated heterocycles. The molecule has 0 bridgehead atoms. The molecule has 2 N–H and O–H groups in total. The fourth-order valence-corrected chi connectivity index (χ4v) is 2.56. The number of para-hydroxylation sites is 1. The van der Waals surface area contributed by atoms with Crippen molar-refractivity contribution in [2.75, 3.05) is 18.6 Å². The van der Waals surface area contributed by atoms with E-state index in [4.69, 9.17) is 0 Å². The summed E-state index contributed by atoms with van der Waals surface area (Å²) in [5.41, 5.74) is 1.09. The first-order valence-electron chi connectivity index (χ1n) is 6.92. The molecule has 22 heavy (non-hydrogen) atoms. The number of amides is 1. The van der Waals surface area contributed by atoms with E-state index in [0.29, 0.717) is 17.1 Å². The normalized spacial score (nSPS) is 12.1. The van der Waals surface area contributed by atoms with Gasteiger partial charge in [-0.15, -0.1) is 5.10 Å². The standard InChI is InChI=1S/C14H19N5O2S/c1-10-16-17-18-19(10)13-6-4-3-5-12(13)14(21)15-11(9-20)7-8-22-2/h3-6,11,20H,7-9H2,1-2H3,(H,15,21)/t11-/m1/s1. The second kappa shape index (κ2) is 7.90. The molecule has 118 valence electrons. The number of carbonyl (C=O) groups is 1. The predicted octanol–water partition coefficient (Wildman–Crippen LogP) is 0.815. The molecule has 0 unspecified atom stereocenters. The van der Waals surface area contributed by atoms with Gasteiger partial charge in [0, 0.05) is 0 Å². The summed E-state index contributed by atoms with van der Waals surface area (Å²) in [6, 6.07) is 6.85. The Hall–Kier alpha value is -1.93. The average molecular weight is 321 g/mol. The van der Waals surface area contributed by atoms with Crippen LogP contribution in [0.4, 0.5) is 0 Å². The van der Waals surface area contributed by atoms with Crippen molar-refractivity contribution in [3.8, 4) is 5.69 Å². The van der Waals surface area contributed by atoms with E-state index >= 15 is 0 Å². The highest BCUT2D eigenvalue weighted by atomic mass is 32.2. The molecule has 1 atom stereocenters. The molecule has 0 aliphatic heterocycles. The molecule has 1 aromatic heterocycles. The Balaban J connectivity index is 2.22. The fourth-order valence-electron chi connectivity index (χ4n) is 2.04. The molecular formula is C14H19N5O2S. The Morgan fingerprint density at radius 1 is 1.45 bits per heavy atom. The lowest BCUT2D eigenvalue weighted by Crippen LogP contribution is -2.38. The van der Waals surface area contributed by atoms with Crippen molar-refractivity contribution in [1.29, 1.82) is 0 Å². The van der Waals surface area contributed by atoms with E-state index < -0.39 is 0 Å². The minimum atomic E-state index is -0.261. The Morgan fingerprint density at radius 3 is 2.86 bits per heavy atom. The van der Waals surface area contributed by atoms with Gasteiger partial charge in [0.05, 0.1) is 23.9 Å². The summed E-state index contributed by atoms with van der Waals surface area (Å²) in [6.07, 6.45) is 2.71. The van der Waals surface area contributed by atoms with Gasteiger partial charge in [0.1, 0.15) is 0 Å². The Kier molecular flexibility index (Phi) is 5.91. The third-order valence-corrected chi connectivity index (χ3v) is 3.87. The molecule has 0 radical (unpaired) electrons. The van der Waals surface area contributed by atoms with Crippen molar-refractivity contribution < 1.29 is 9.90 Å². The van der Waals surface area contributed by atoms with Crippen molar-refractivity contribution in [1.82, 2.24) is 25.5 Å². The Labute approximate surface area is 133 Å². The zero-order valence-electron chi connectivity index (χ0n) is 12.6. The van der Waals surface area contributed by atoms with Gasteiger partial charge in [-0.3, -0.25) is 4.79 Å². The number of thioether (sulfide) groups is 1. The number of hydrogen-bond donors (Lipinski definition) is 2. The van der Waals surface area contributed by atoms with E-state index in [0.717, 1.165) is 12.2 Å². The number of hydrogen-bond acceptors (Lipinski definition) is 6. The summed E-state index contributed by atoms with van der Waals surface area (Å²) < 4.78 is 1.52. The van der Waals surface area contributed by atoms with Crippen LogP contribution >= 0.6 is 11.8 Å². The van der Waals surface area contributed by atoms with Crippen molar-refractivity contribution in [3.05, 3.63) is 35.7 Å². The highest BCUT2D eigenvalue weighted by Gasteiger charge is 2.18. The number of benzene rings is 1. The van der Waals surface area contributed by atoms with Crippen molar-refractivity contribution in [3.63, 3.8) is 0 Å². The van der Waals surface area contributed by atoms with E-state index in [1.54, 1.807) is 36.9 Å². The van der Waals surface area contributed by atoms with Gasteiger partial charge < -0.3 is 10.4 Å². The van der Waals surface area contributed by atoms with E-state index in [-0.39, 0.29) is 18.6 Å². The number of aliphatic hydroxyl groups is 1. The topological polar surface area (TPSA) is 92.9 Å². The van der Waals surface area contributed by atoms with Crippen LogP contribution in [0.25, 0.3) is 5.69 Å². The smallest absolute Gasteiger partial charge is 0.253 e. The van der Waals surface area contributed by atoms with Gasteiger partial charge in [0.15, 0.2) is 5.82 Å². The molecule has 0 aliphatic rings. The predicted molar refractivity (Wildman–Crippen MR) is 85.2 cm³/mol. The first-order chi connectivity index (χ1) is 10.7. The largest absolute Gasteiger partial charge is 0.394 e. The van der Waals surface area contributed by atoms with Crippen molar-refractivity contribution >= 4 is 17.7 Å². The van der Waals surface area contributed by atoms with Crippen LogP contribution < -0.4 is 5.32 Å². The number of aliphatic hydroxyl groups excluding tert-OH is 1. The van der Waals surface area contributed by atoms with Gasteiger partial charge in [-0.25, -0.2) is 0 Å². The van der Waals surface area contributed by atoms with Crippen LogP contribution in [0.2, 0.25) is 0 Å². The maximum atomic E-state index is 12.5. The fraction of sp³-hybridized carbons (Fsp3) is 0.429. The maximum absolute atomic E-state index is 12.5. The lowest BCUT2D eigenvalue weighted by molar-refractivity contribution is 0.0915. The molecule has 8 heteroatoms. The van der Waals surface area contributed by atoms with E-state index in [1.807, 2.05) is 12.3 Å². The van der Waals surface area contributed by atoms with Gasteiger partial charge in [0.25, 0.3) is 5.91 Å². The van der Waals surface area contributed by atoms with Gasteiger partial charge in [-0.1, -0.05) is 12.1 Å². The third-order valence-electron chi connectivity index (χ3n) is 3.23. The summed E-state index contributed by atoms with van der Waals surface area (Å²) in [5.74, 6) is 1.23. The molecule has 7 nitrogen and oxygen atoms in total. The average Bonchev–Trinajstić information content (AvgIpc) is 2.97. The quantitative estimate of drug-likeness (QED) is 0.784. The SMILES string of the molecule is CSCC[C@H](CO)NC(=O)c1ccccc1-n1nnnc1C. The summed E-state index contributed by atoms with van der Waals surface area (Å²) >= 11 is 1.68. The second-order valence-corrected chi connectivity index (χ2v) is 5.78. The first-order valence-corrected chi connectivity index (χ1v) is 8.31. The molecule has 1 heterocycles. The monoisotopic (exact) mass is 321 g/mol. The zero-order chi connectivity index (χ0) is 15.9. The number of rotatable bonds is 7. The van der Waals surface area contributed by atoms with Crippen molar-refractivity contribution in [2.24, 2.45) is 0 Å².